The number of rotatable bonds is 6. The summed E-state index contributed by atoms with van der Waals surface area (Å²) >= 11 is 0. The molecule has 0 radical (unpaired) electrons. The van der Waals surface area contributed by atoms with Crippen LogP contribution in [-0.4, -0.2) is 69.6 Å². The number of carboxylic acids is 1. The zero-order valence-corrected chi connectivity index (χ0v) is 20.3. The number of halogens is 1. The number of H-pyrrole nitrogens is 1. The van der Waals surface area contributed by atoms with Gasteiger partial charge in [-0.05, 0) is 54.8 Å². The summed E-state index contributed by atoms with van der Waals surface area (Å²) in [5, 5.41) is 17.8. The van der Waals surface area contributed by atoms with Crippen LogP contribution in [0.1, 0.15) is 30.3 Å². The maximum Gasteiger partial charge on any atom is 0.306 e. The lowest BCUT2D eigenvalue weighted by Crippen LogP contribution is -2.42. The Morgan fingerprint density at radius 2 is 2.00 bits per heavy atom. The first-order chi connectivity index (χ1) is 18.0. The summed E-state index contributed by atoms with van der Waals surface area (Å²) in [5.41, 5.74) is 2.26. The fraction of sp³-hybridized carbons (Fsp3) is 0.333. The molecule has 10 heteroatoms. The standard InChI is InChI=1S/C27H29FN6O3/c28-20-4-1-3-19(15-20)23-17-37-14-13-34(23)24(29)7-8-25-30-16-22(31-25)21-5-2-6-26(32-21)33-11-9-18(10-12-33)27(35)36/h1-8,15-16,18,23,29H,9-14,17H2,(H,30,31)(H,35,36)/b8-7-,29-24?. The molecule has 0 aliphatic carbocycles. The van der Waals surface area contributed by atoms with Gasteiger partial charge in [-0.25, -0.2) is 14.4 Å². The van der Waals surface area contributed by atoms with Crippen LogP contribution in [0.5, 0.6) is 0 Å². The van der Waals surface area contributed by atoms with E-state index in [1.54, 1.807) is 24.4 Å². The third-order valence-electron chi connectivity index (χ3n) is 6.84. The van der Waals surface area contributed by atoms with Gasteiger partial charge in [-0.3, -0.25) is 10.2 Å². The minimum Gasteiger partial charge on any atom is -0.481 e. The van der Waals surface area contributed by atoms with Crippen LogP contribution in [0.15, 0.2) is 54.7 Å². The van der Waals surface area contributed by atoms with Gasteiger partial charge in [0.05, 0.1) is 42.8 Å². The highest BCUT2D eigenvalue weighted by Crippen LogP contribution is 2.26. The number of carboxylic acid groups (broad SMARTS) is 1. The van der Waals surface area contributed by atoms with Crippen molar-refractivity contribution in [3.63, 3.8) is 0 Å². The SMILES string of the molecule is N=C(/C=C\c1ncc(-c2cccc(N3CCC(C(=O)O)CC3)n2)[nH]1)N1CCOCC1c1cccc(F)c1. The van der Waals surface area contributed by atoms with Crippen LogP contribution in [0.25, 0.3) is 17.5 Å². The highest BCUT2D eigenvalue weighted by molar-refractivity contribution is 5.94. The van der Waals surface area contributed by atoms with Crippen molar-refractivity contribution in [2.75, 3.05) is 37.7 Å². The van der Waals surface area contributed by atoms with Crippen LogP contribution in [0, 0.1) is 17.1 Å². The number of imidazole rings is 1. The van der Waals surface area contributed by atoms with Gasteiger partial charge in [-0.1, -0.05) is 18.2 Å². The number of nitrogens with zero attached hydrogens (tertiary/aromatic N) is 4. The van der Waals surface area contributed by atoms with Crippen molar-refractivity contribution in [3.8, 4) is 11.4 Å². The number of aromatic amines is 1. The summed E-state index contributed by atoms with van der Waals surface area (Å²) in [6, 6.07) is 11.9. The van der Waals surface area contributed by atoms with E-state index in [4.69, 9.17) is 15.1 Å². The molecule has 0 amide bonds. The van der Waals surface area contributed by atoms with Crippen LogP contribution < -0.4 is 4.90 Å². The van der Waals surface area contributed by atoms with E-state index in [9.17, 15) is 14.3 Å². The molecule has 1 aromatic carbocycles. The number of morpholine rings is 1. The molecular weight excluding hydrogens is 475 g/mol. The minimum absolute atomic E-state index is 0.235. The fourth-order valence-electron chi connectivity index (χ4n) is 4.79. The highest BCUT2D eigenvalue weighted by atomic mass is 19.1. The number of nitrogens with one attached hydrogen (secondary N) is 2. The molecule has 1 unspecified atom stereocenters. The lowest BCUT2D eigenvalue weighted by atomic mass is 9.97. The number of pyridine rings is 1. The number of aromatic nitrogens is 3. The zero-order chi connectivity index (χ0) is 25.8. The molecule has 2 fully saturated rings. The maximum absolute atomic E-state index is 13.8. The average molecular weight is 505 g/mol. The molecule has 3 N–H and O–H groups in total. The molecule has 192 valence electrons. The van der Waals surface area contributed by atoms with Gasteiger partial charge in [-0.15, -0.1) is 0 Å². The van der Waals surface area contributed by atoms with E-state index < -0.39 is 5.97 Å². The van der Waals surface area contributed by atoms with E-state index in [2.05, 4.69) is 14.9 Å². The van der Waals surface area contributed by atoms with Gasteiger partial charge in [0.15, 0.2) is 0 Å². The van der Waals surface area contributed by atoms with E-state index in [1.807, 2.05) is 29.2 Å². The van der Waals surface area contributed by atoms with Gasteiger partial charge in [0.25, 0.3) is 0 Å². The first-order valence-electron chi connectivity index (χ1n) is 12.3. The number of anilines is 1. The van der Waals surface area contributed by atoms with Crippen LogP contribution in [0.3, 0.4) is 0 Å². The molecule has 9 nitrogen and oxygen atoms in total. The number of ether oxygens (including phenoxy) is 1. The van der Waals surface area contributed by atoms with Crippen LogP contribution in [-0.2, 0) is 9.53 Å². The lowest BCUT2D eigenvalue weighted by Gasteiger charge is -2.36. The normalized spacial score (nSPS) is 18.9. The zero-order valence-electron chi connectivity index (χ0n) is 20.3. The van der Waals surface area contributed by atoms with Crippen molar-refractivity contribution in [2.24, 2.45) is 5.92 Å². The third kappa shape index (κ3) is 5.69. The molecule has 2 aliphatic heterocycles. The van der Waals surface area contributed by atoms with Crippen molar-refractivity contribution in [1.82, 2.24) is 19.9 Å². The number of hydrogen-bond donors (Lipinski definition) is 3. The summed E-state index contributed by atoms with van der Waals surface area (Å²) in [5.74, 6) is 0.360. The van der Waals surface area contributed by atoms with Gasteiger partial charge in [0.1, 0.15) is 23.3 Å². The predicted octanol–water partition coefficient (Wildman–Crippen LogP) is 3.98. The Morgan fingerprint density at radius 1 is 1.19 bits per heavy atom. The Kier molecular flexibility index (Phi) is 7.27. The number of piperidine rings is 1. The number of aliphatic carboxylic acids is 1. The predicted molar refractivity (Wildman–Crippen MR) is 138 cm³/mol. The largest absolute Gasteiger partial charge is 0.481 e. The highest BCUT2D eigenvalue weighted by Gasteiger charge is 2.27. The second-order valence-electron chi connectivity index (χ2n) is 9.22. The summed E-state index contributed by atoms with van der Waals surface area (Å²) in [6.45, 7) is 2.74. The third-order valence-corrected chi connectivity index (χ3v) is 6.84. The molecule has 5 rings (SSSR count). The van der Waals surface area contributed by atoms with Crippen LogP contribution in [0.4, 0.5) is 10.2 Å². The van der Waals surface area contributed by atoms with Crippen molar-refractivity contribution < 1.29 is 19.0 Å². The van der Waals surface area contributed by atoms with Crippen molar-refractivity contribution in [2.45, 2.75) is 18.9 Å². The first kappa shape index (κ1) is 24.6. The molecule has 3 aromatic rings. The molecule has 2 aromatic heterocycles. The van der Waals surface area contributed by atoms with E-state index in [-0.39, 0.29) is 17.8 Å². The molecule has 4 heterocycles. The Labute approximate surface area is 214 Å². The van der Waals surface area contributed by atoms with Crippen LogP contribution >= 0.6 is 0 Å². The van der Waals surface area contributed by atoms with Gasteiger partial charge in [0.2, 0.25) is 0 Å². The average Bonchev–Trinajstić information content (AvgIpc) is 3.41. The number of carbonyl (C=O) groups is 1. The second-order valence-corrected chi connectivity index (χ2v) is 9.22. The molecule has 0 saturated carbocycles. The maximum atomic E-state index is 13.8. The quantitative estimate of drug-likeness (QED) is 0.343. The minimum atomic E-state index is -0.731. The van der Waals surface area contributed by atoms with Gasteiger partial charge >= 0.3 is 5.97 Å². The Balaban J connectivity index is 1.26. The Morgan fingerprint density at radius 3 is 2.78 bits per heavy atom. The number of amidine groups is 1. The monoisotopic (exact) mass is 504 g/mol. The summed E-state index contributed by atoms with van der Waals surface area (Å²) in [4.78, 5) is 27.7. The molecule has 0 bridgehead atoms. The van der Waals surface area contributed by atoms with E-state index in [1.165, 1.54) is 12.1 Å². The summed E-state index contributed by atoms with van der Waals surface area (Å²) in [6.07, 6.45) is 6.34. The van der Waals surface area contributed by atoms with E-state index >= 15 is 0 Å². The van der Waals surface area contributed by atoms with Crippen molar-refractivity contribution in [1.29, 1.82) is 5.41 Å². The van der Waals surface area contributed by atoms with E-state index in [0.29, 0.717) is 57.3 Å². The van der Waals surface area contributed by atoms with Gasteiger partial charge in [0, 0.05) is 19.6 Å². The topological polar surface area (TPSA) is 118 Å². The van der Waals surface area contributed by atoms with Gasteiger partial charge in [-0.2, -0.15) is 0 Å². The fourth-order valence-corrected chi connectivity index (χ4v) is 4.79. The lowest BCUT2D eigenvalue weighted by molar-refractivity contribution is -0.142. The van der Waals surface area contributed by atoms with Crippen molar-refractivity contribution in [3.05, 3.63) is 71.9 Å². The molecular formula is C27H29FN6O3. The Hall–Kier alpha value is -4.05. The van der Waals surface area contributed by atoms with Gasteiger partial charge < -0.3 is 24.6 Å². The van der Waals surface area contributed by atoms with E-state index in [0.717, 1.165) is 22.8 Å². The molecule has 1 atom stereocenters. The Bertz CT molecular complexity index is 1300. The molecule has 37 heavy (non-hydrogen) atoms. The smallest absolute Gasteiger partial charge is 0.306 e. The summed E-state index contributed by atoms with van der Waals surface area (Å²) in [7, 11) is 0. The number of benzene rings is 1. The number of hydrogen-bond acceptors (Lipinski definition) is 6. The second kappa shape index (κ2) is 10.9. The molecule has 0 spiro atoms. The summed E-state index contributed by atoms with van der Waals surface area (Å²) < 4.78 is 19.4. The molecule has 2 saturated heterocycles. The first-order valence-corrected chi connectivity index (χ1v) is 12.3. The molecule has 2 aliphatic rings. The van der Waals surface area contributed by atoms with Crippen molar-refractivity contribution >= 4 is 23.7 Å². The van der Waals surface area contributed by atoms with Crippen LogP contribution in [0.2, 0.25) is 0 Å².